The Morgan fingerprint density at radius 1 is 1.14 bits per heavy atom. The van der Waals surface area contributed by atoms with E-state index < -0.39 is 0 Å². The van der Waals surface area contributed by atoms with E-state index in [-0.39, 0.29) is 11.8 Å². The molecule has 2 unspecified atom stereocenters. The van der Waals surface area contributed by atoms with Crippen LogP contribution in [0.1, 0.15) is 44.9 Å². The van der Waals surface area contributed by atoms with E-state index in [9.17, 15) is 4.79 Å². The fourth-order valence-electron chi connectivity index (χ4n) is 2.10. The first-order valence-electron chi connectivity index (χ1n) is 5.59. The van der Waals surface area contributed by atoms with Crippen molar-refractivity contribution >= 4 is 28.5 Å². The van der Waals surface area contributed by atoms with Crippen LogP contribution in [0.4, 0.5) is 0 Å². The van der Waals surface area contributed by atoms with E-state index in [0.717, 1.165) is 16.8 Å². The highest BCUT2D eigenvalue weighted by molar-refractivity contribution is 14.1. The molecule has 1 amide bonds. The van der Waals surface area contributed by atoms with Crippen LogP contribution in [-0.2, 0) is 4.79 Å². The van der Waals surface area contributed by atoms with E-state index in [0.29, 0.717) is 0 Å². The fourth-order valence-corrected chi connectivity index (χ4v) is 2.98. The van der Waals surface area contributed by atoms with E-state index in [1.807, 2.05) is 0 Å². The maximum atomic E-state index is 11.5. The van der Waals surface area contributed by atoms with Gasteiger partial charge in [-0.05, 0) is 25.7 Å². The van der Waals surface area contributed by atoms with Gasteiger partial charge in [0.25, 0.3) is 0 Å². The van der Waals surface area contributed by atoms with Gasteiger partial charge in [-0.1, -0.05) is 41.9 Å². The largest absolute Gasteiger partial charge is 0.359 e. The SMILES string of the molecule is CNC(=O)C1CCCCC(I)CCC1. The average Bonchev–Trinajstić information content (AvgIpc) is 2.29. The van der Waals surface area contributed by atoms with Crippen LogP contribution in [0.25, 0.3) is 0 Å². The van der Waals surface area contributed by atoms with Crippen LogP contribution in [0.15, 0.2) is 0 Å². The van der Waals surface area contributed by atoms with Crippen molar-refractivity contribution < 1.29 is 4.79 Å². The molecule has 0 bridgehead atoms. The van der Waals surface area contributed by atoms with Crippen molar-refractivity contribution in [2.75, 3.05) is 7.05 Å². The van der Waals surface area contributed by atoms with E-state index in [1.165, 1.54) is 32.1 Å². The van der Waals surface area contributed by atoms with Crippen LogP contribution in [0, 0.1) is 5.92 Å². The quantitative estimate of drug-likeness (QED) is 0.586. The second-order valence-corrected chi connectivity index (χ2v) is 5.89. The summed E-state index contributed by atoms with van der Waals surface area (Å²) >= 11 is 2.55. The van der Waals surface area contributed by atoms with Gasteiger partial charge >= 0.3 is 0 Å². The van der Waals surface area contributed by atoms with Crippen LogP contribution >= 0.6 is 22.6 Å². The van der Waals surface area contributed by atoms with Crippen molar-refractivity contribution in [1.29, 1.82) is 0 Å². The first kappa shape index (κ1) is 12.3. The van der Waals surface area contributed by atoms with Gasteiger partial charge < -0.3 is 5.32 Å². The molecule has 2 atom stereocenters. The maximum absolute atomic E-state index is 11.5. The lowest BCUT2D eigenvalue weighted by Crippen LogP contribution is -2.27. The van der Waals surface area contributed by atoms with Crippen molar-refractivity contribution in [2.24, 2.45) is 5.92 Å². The summed E-state index contributed by atoms with van der Waals surface area (Å²) in [5.41, 5.74) is 0. The zero-order valence-corrected chi connectivity index (χ0v) is 11.0. The molecule has 1 fully saturated rings. The zero-order chi connectivity index (χ0) is 10.4. The lowest BCUT2D eigenvalue weighted by Gasteiger charge is -2.13. The molecule has 14 heavy (non-hydrogen) atoms. The smallest absolute Gasteiger partial charge is 0.222 e. The van der Waals surface area contributed by atoms with Crippen molar-refractivity contribution in [3.05, 3.63) is 0 Å². The zero-order valence-electron chi connectivity index (χ0n) is 8.89. The Morgan fingerprint density at radius 3 is 2.43 bits per heavy atom. The van der Waals surface area contributed by atoms with Gasteiger partial charge in [-0.25, -0.2) is 0 Å². The second kappa shape index (κ2) is 6.64. The summed E-state index contributed by atoms with van der Waals surface area (Å²) in [4.78, 5) is 11.5. The Kier molecular flexibility index (Phi) is 5.82. The molecule has 0 radical (unpaired) electrons. The number of halogens is 1. The lowest BCUT2D eigenvalue weighted by molar-refractivity contribution is -0.125. The van der Waals surface area contributed by atoms with Crippen LogP contribution < -0.4 is 5.32 Å². The molecule has 0 aliphatic heterocycles. The molecule has 1 aliphatic rings. The Balaban J connectivity index is 2.40. The lowest BCUT2D eigenvalue weighted by atomic mass is 9.96. The van der Waals surface area contributed by atoms with Gasteiger partial charge in [-0.2, -0.15) is 0 Å². The van der Waals surface area contributed by atoms with Crippen molar-refractivity contribution in [1.82, 2.24) is 5.32 Å². The highest BCUT2D eigenvalue weighted by Gasteiger charge is 2.18. The summed E-state index contributed by atoms with van der Waals surface area (Å²) in [6.45, 7) is 0. The summed E-state index contributed by atoms with van der Waals surface area (Å²) in [6.07, 6.45) is 8.52. The van der Waals surface area contributed by atoms with E-state index >= 15 is 0 Å². The number of carbonyl (C=O) groups excluding carboxylic acids is 1. The van der Waals surface area contributed by atoms with Gasteiger partial charge in [-0.3, -0.25) is 4.79 Å². The number of hydrogen-bond acceptors (Lipinski definition) is 1. The van der Waals surface area contributed by atoms with E-state index in [2.05, 4.69) is 27.9 Å². The molecule has 0 saturated heterocycles. The normalized spacial score (nSPS) is 29.9. The minimum atomic E-state index is 0.247. The molecule has 1 saturated carbocycles. The molecule has 0 aromatic heterocycles. The molecule has 3 heteroatoms. The molecule has 0 aromatic rings. The first-order chi connectivity index (χ1) is 6.74. The number of alkyl halides is 1. The maximum Gasteiger partial charge on any atom is 0.222 e. The Bertz CT molecular complexity index is 184. The predicted molar refractivity (Wildman–Crippen MR) is 67.7 cm³/mol. The summed E-state index contributed by atoms with van der Waals surface area (Å²) in [5.74, 6) is 0.526. The van der Waals surface area contributed by atoms with Crippen LogP contribution in [-0.4, -0.2) is 16.9 Å². The Hall–Kier alpha value is 0.200. The number of amides is 1. The third-order valence-electron chi connectivity index (χ3n) is 3.01. The third kappa shape index (κ3) is 4.15. The molecular formula is C11H20INO. The van der Waals surface area contributed by atoms with Crippen LogP contribution in [0.5, 0.6) is 0 Å². The molecule has 0 aromatic carbocycles. The highest BCUT2D eigenvalue weighted by atomic mass is 127. The van der Waals surface area contributed by atoms with Crippen molar-refractivity contribution in [2.45, 2.75) is 48.9 Å². The van der Waals surface area contributed by atoms with Crippen molar-refractivity contribution in [3.8, 4) is 0 Å². The minimum absolute atomic E-state index is 0.247. The molecule has 82 valence electrons. The highest BCUT2D eigenvalue weighted by Crippen LogP contribution is 2.25. The predicted octanol–water partition coefficient (Wildman–Crippen LogP) is 2.90. The number of carbonyl (C=O) groups is 1. The van der Waals surface area contributed by atoms with E-state index in [1.54, 1.807) is 7.05 Å². The molecule has 2 nitrogen and oxygen atoms in total. The molecule has 0 spiro atoms. The number of nitrogens with one attached hydrogen (secondary N) is 1. The van der Waals surface area contributed by atoms with Gasteiger partial charge in [0.15, 0.2) is 0 Å². The van der Waals surface area contributed by atoms with Crippen LogP contribution in [0.2, 0.25) is 0 Å². The van der Waals surface area contributed by atoms with E-state index in [4.69, 9.17) is 0 Å². The number of hydrogen-bond donors (Lipinski definition) is 1. The van der Waals surface area contributed by atoms with Gasteiger partial charge in [0, 0.05) is 16.9 Å². The third-order valence-corrected chi connectivity index (χ3v) is 4.25. The molecule has 0 heterocycles. The topological polar surface area (TPSA) is 29.1 Å². The molecular weight excluding hydrogens is 289 g/mol. The summed E-state index contributed by atoms with van der Waals surface area (Å²) in [5, 5.41) is 2.77. The van der Waals surface area contributed by atoms with Gasteiger partial charge in [-0.15, -0.1) is 0 Å². The first-order valence-corrected chi connectivity index (χ1v) is 6.84. The van der Waals surface area contributed by atoms with Gasteiger partial charge in [0.05, 0.1) is 0 Å². The molecule has 1 N–H and O–H groups in total. The van der Waals surface area contributed by atoms with Crippen molar-refractivity contribution in [3.63, 3.8) is 0 Å². The Morgan fingerprint density at radius 2 is 1.71 bits per heavy atom. The minimum Gasteiger partial charge on any atom is -0.359 e. The molecule has 1 aliphatic carbocycles. The second-order valence-electron chi connectivity index (χ2n) is 4.12. The van der Waals surface area contributed by atoms with Gasteiger partial charge in [0.2, 0.25) is 5.91 Å². The Labute approximate surface area is 100 Å². The van der Waals surface area contributed by atoms with Crippen LogP contribution in [0.3, 0.4) is 0 Å². The number of rotatable bonds is 1. The average molecular weight is 309 g/mol. The summed E-state index contributed by atoms with van der Waals surface area (Å²) < 4.78 is 0.830. The monoisotopic (exact) mass is 309 g/mol. The summed E-state index contributed by atoms with van der Waals surface area (Å²) in [7, 11) is 1.75. The fraction of sp³-hybridized carbons (Fsp3) is 0.909. The molecule has 1 rings (SSSR count). The van der Waals surface area contributed by atoms with Gasteiger partial charge in [0.1, 0.15) is 0 Å². The summed E-state index contributed by atoms with van der Waals surface area (Å²) in [6, 6.07) is 0. The standard InChI is InChI=1S/C11H20INO/c1-13-11(14)9-5-2-3-7-10(12)8-4-6-9/h9-10H,2-8H2,1H3,(H,13,14).